The molecule has 0 radical (unpaired) electrons. The van der Waals surface area contributed by atoms with Gasteiger partial charge in [0, 0.05) is 39.1 Å². The molecule has 4 nitrogen and oxygen atoms in total. The monoisotopic (exact) mass is 305 g/mol. The van der Waals surface area contributed by atoms with Crippen LogP contribution in [0.1, 0.15) is 31.4 Å². The number of methoxy groups -OCH3 is 2. The zero-order valence-electron chi connectivity index (χ0n) is 14.1. The fraction of sp³-hybridized carbons (Fsp3) is 0.611. The van der Waals surface area contributed by atoms with E-state index in [4.69, 9.17) is 9.47 Å². The molecule has 1 aromatic rings. The maximum atomic E-state index is 12.1. The number of fused-ring (bicyclic) bond motifs is 1. The average molecular weight is 305 g/mol. The van der Waals surface area contributed by atoms with Gasteiger partial charge in [-0.15, -0.1) is 0 Å². The van der Waals surface area contributed by atoms with Gasteiger partial charge in [0.2, 0.25) is 0 Å². The maximum absolute atomic E-state index is 12.1. The lowest BCUT2D eigenvalue weighted by atomic mass is 9.95. The van der Waals surface area contributed by atoms with Gasteiger partial charge in [-0.05, 0) is 30.0 Å². The minimum Gasteiger partial charge on any atom is -0.495 e. The van der Waals surface area contributed by atoms with Crippen molar-refractivity contribution in [2.75, 3.05) is 38.8 Å². The molecule has 0 amide bonds. The summed E-state index contributed by atoms with van der Waals surface area (Å²) in [6.45, 7) is 6.63. The first-order valence-electron chi connectivity index (χ1n) is 8.03. The fourth-order valence-corrected chi connectivity index (χ4v) is 2.99. The second kappa shape index (κ2) is 7.63. The molecule has 0 aliphatic carbocycles. The van der Waals surface area contributed by atoms with E-state index in [2.05, 4.69) is 11.0 Å². The summed E-state index contributed by atoms with van der Waals surface area (Å²) in [6.07, 6.45) is 2.50. The van der Waals surface area contributed by atoms with Crippen molar-refractivity contribution >= 4 is 11.5 Å². The zero-order valence-corrected chi connectivity index (χ0v) is 14.1. The van der Waals surface area contributed by atoms with Crippen LogP contribution in [0.2, 0.25) is 0 Å². The highest BCUT2D eigenvalue weighted by Gasteiger charge is 2.26. The molecule has 1 aliphatic heterocycles. The number of Topliss-reactive ketones (excluding diaryl/α,β-unsaturated/α-hetero) is 1. The van der Waals surface area contributed by atoms with E-state index in [1.54, 1.807) is 14.2 Å². The molecule has 22 heavy (non-hydrogen) atoms. The van der Waals surface area contributed by atoms with Crippen molar-refractivity contribution in [3.63, 3.8) is 0 Å². The maximum Gasteiger partial charge on any atom is 0.142 e. The number of carbonyl (C=O) groups is 1. The van der Waals surface area contributed by atoms with E-state index in [1.807, 2.05) is 19.9 Å². The third kappa shape index (κ3) is 3.61. The SMILES string of the molecule is COCCCN1CCc2c(CC(=O)C(C)C)ccc(OC)c21. The normalized spacial score (nSPS) is 13.6. The minimum absolute atomic E-state index is 0.0805. The highest BCUT2D eigenvalue weighted by molar-refractivity contribution is 5.84. The molecular weight excluding hydrogens is 278 g/mol. The molecule has 2 rings (SSSR count). The lowest BCUT2D eigenvalue weighted by molar-refractivity contribution is -0.121. The number of ketones is 1. The summed E-state index contributed by atoms with van der Waals surface area (Å²) in [6, 6.07) is 4.05. The molecule has 0 N–H and O–H groups in total. The second-order valence-electron chi connectivity index (χ2n) is 6.14. The third-order valence-electron chi connectivity index (χ3n) is 4.30. The van der Waals surface area contributed by atoms with Gasteiger partial charge < -0.3 is 14.4 Å². The summed E-state index contributed by atoms with van der Waals surface area (Å²) in [7, 11) is 3.44. The molecular formula is C18H27NO3. The topological polar surface area (TPSA) is 38.8 Å². The van der Waals surface area contributed by atoms with Gasteiger partial charge >= 0.3 is 0 Å². The van der Waals surface area contributed by atoms with Crippen LogP contribution in [0, 0.1) is 5.92 Å². The molecule has 0 unspecified atom stereocenters. The van der Waals surface area contributed by atoms with Gasteiger partial charge in [0.15, 0.2) is 0 Å². The minimum atomic E-state index is 0.0805. The van der Waals surface area contributed by atoms with Crippen LogP contribution in [0.3, 0.4) is 0 Å². The molecule has 0 fully saturated rings. The van der Waals surface area contributed by atoms with Crippen LogP contribution in [0.15, 0.2) is 12.1 Å². The van der Waals surface area contributed by atoms with Crippen LogP contribution in [-0.2, 0) is 22.4 Å². The van der Waals surface area contributed by atoms with Gasteiger partial charge in [0.25, 0.3) is 0 Å². The van der Waals surface area contributed by atoms with Crippen molar-refractivity contribution in [3.8, 4) is 5.75 Å². The van der Waals surface area contributed by atoms with Gasteiger partial charge in [0.1, 0.15) is 11.5 Å². The van der Waals surface area contributed by atoms with Crippen molar-refractivity contribution in [3.05, 3.63) is 23.3 Å². The number of carbonyl (C=O) groups excluding carboxylic acids is 1. The van der Waals surface area contributed by atoms with Crippen LogP contribution in [0.4, 0.5) is 5.69 Å². The molecule has 0 bridgehead atoms. The first-order valence-corrected chi connectivity index (χ1v) is 8.03. The Labute approximate surface area is 133 Å². The third-order valence-corrected chi connectivity index (χ3v) is 4.30. The van der Waals surface area contributed by atoms with Crippen LogP contribution in [-0.4, -0.2) is 39.7 Å². The Hall–Kier alpha value is -1.55. The number of nitrogens with zero attached hydrogens (tertiary/aromatic N) is 1. The van der Waals surface area contributed by atoms with Gasteiger partial charge in [-0.25, -0.2) is 0 Å². The van der Waals surface area contributed by atoms with E-state index >= 15 is 0 Å². The molecule has 1 aliphatic rings. The average Bonchev–Trinajstić information content (AvgIpc) is 2.92. The number of anilines is 1. The summed E-state index contributed by atoms with van der Waals surface area (Å²) in [5.41, 5.74) is 3.61. The number of ether oxygens (including phenoxy) is 2. The van der Waals surface area contributed by atoms with Gasteiger partial charge in [-0.3, -0.25) is 4.79 Å². The molecule has 122 valence electrons. The molecule has 1 aromatic carbocycles. The Kier molecular flexibility index (Phi) is 5.83. The predicted octanol–water partition coefficient (Wildman–Crippen LogP) is 2.86. The van der Waals surface area contributed by atoms with E-state index < -0.39 is 0 Å². The van der Waals surface area contributed by atoms with Crippen LogP contribution >= 0.6 is 0 Å². The Balaban J connectivity index is 2.24. The first-order chi connectivity index (χ1) is 10.6. The van der Waals surface area contributed by atoms with E-state index in [0.29, 0.717) is 12.2 Å². The smallest absolute Gasteiger partial charge is 0.142 e. The largest absolute Gasteiger partial charge is 0.495 e. The Morgan fingerprint density at radius 2 is 2.09 bits per heavy atom. The van der Waals surface area contributed by atoms with Crippen molar-refractivity contribution < 1.29 is 14.3 Å². The number of hydrogen-bond acceptors (Lipinski definition) is 4. The van der Waals surface area contributed by atoms with E-state index in [-0.39, 0.29) is 5.92 Å². The van der Waals surface area contributed by atoms with E-state index in [0.717, 1.165) is 43.9 Å². The van der Waals surface area contributed by atoms with Crippen LogP contribution < -0.4 is 9.64 Å². The standard InChI is InChI=1S/C18H27NO3/c1-13(2)16(20)12-14-6-7-17(22-4)18-15(14)8-10-19(18)9-5-11-21-3/h6-7,13H,5,8-12H2,1-4H3. The summed E-state index contributed by atoms with van der Waals surface area (Å²) in [5.74, 6) is 1.29. The van der Waals surface area contributed by atoms with E-state index in [1.165, 1.54) is 11.3 Å². The summed E-state index contributed by atoms with van der Waals surface area (Å²) < 4.78 is 10.7. The molecule has 1 heterocycles. The number of rotatable bonds is 8. The lowest BCUT2D eigenvalue weighted by Crippen LogP contribution is -2.23. The van der Waals surface area contributed by atoms with Crippen LogP contribution in [0.5, 0.6) is 5.75 Å². The molecule has 4 heteroatoms. The van der Waals surface area contributed by atoms with Crippen molar-refractivity contribution in [2.45, 2.75) is 33.1 Å². The molecule has 0 saturated heterocycles. The molecule has 0 atom stereocenters. The number of hydrogen-bond donors (Lipinski definition) is 0. The highest BCUT2D eigenvalue weighted by atomic mass is 16.5. The van der Waals surface area contributed by atoms with Crippen molar-refractivity contribution in [1.29, 1.82) is 0 Å². The quantitative estimate of drug-likeness (QED) is 0.692. The van der Waals surface area contributed by atoms with Crippen LogP contribution in [0.25, 0.3) is 0 Å². The molecule has 0 spiro atoms. The van der Waals surface area contributed by atoms with Gasteiger partial charge in [-0.2, -0.15) is 0 Å². The second-order valence-corrected chi connectivity index (χ2v) is 6.14. The van der Waals surface area contributed by atoms with Crippen molar-refractivity contribution in [2.24, 2.45) is 5.92 Å². The van der Waals surface area contributed by atoms with Crippen molar-refractivity contribution in [1.82, 2.24) is 0 Å². The predicted molar refractivity (Wildman–Crippen MR) is 89.0 cm³/mol. The molecule has 0 saturated carbocycles. The highest BCUT2D eigenvalue weighted by Crippen LogP contribution is 2.39. The lowest BCUT2D eigenvalue weighted by Gasteiger charge is -2.22. The van der Waals surface area contributed by atoms with Gasteiger partial charge in [-0.1, -0.05) is 19.9 Å². The Morgan fingerprint density at radius 1 is 1.32 bits per heavy atom. The Bertz CT molecular complexity index is 525. The Morgan fingerprint density at radius 3 is 2.73 bits per heavy atom. The van der Waals surface area contributed by atoms with E-state index in [9.17, 15) is 4.79 Å². The van der Waals surface area contributed by atoms with Gasteiger partial charge in [0.05, 0.1) is 12.8 Å². The zero-order chi connectivity index (χ0) is 16.1. The summed E-state index contributed by atoms with van der Waals surface area (Å²) >= 11 is 0. The molecule has 0 aromatic heterocycles. The fourth-order valence-electron chi connectivity index (χ4n) is 2.99. The number of benzene rings is 1. The summed E-state index contributed by atoms with van der Waals surface area (Å²) in [4.78, 5) is 14.5. The summed E-state index contributed by atoms with van der Waals surface area (Å²) in [5, 5.41) is 0. The first kappa shape index (κ1) is 16.8.